The zero-order valence-electron chi connectivity index (χ0n) is 10.7. The van der Waals surface area contributed by atoms with Gasteiger partial charge in [0.1, 0.15) is 5.82 Å². The van der Waals surface area contributed by atoms with Gasteiger partial charge in [-0.05, 0) is 12.8 Å². The Labute approximate surface area is 107 Å². The van der Waals surface area contributed by atoms with Gasteiger partial charge in [-0.1, -0.05) is 0 Å². The third-order valence-electron chi connectivity index (χ3n) is 3.23. The van der Waals surface area contributed by atoms with Crippen LogP contribution in [0.25, 0.3) is 0 Å². The molecule has 98 valence electrons. The summed E-state index contributed by atoms with van der Waals surface area (Å²) in [5.41, 5.74) is 0. The van der Waals surface area contributed by atoms with Crippen molar-refractivity contribution in [3.63, 3.8) is 0 Å². The number of hydroxylamine groups is 2. The molecule has 1 aliphatic heterocycles. The summed E-state index contributed by atoms with van der Waals surface area (Å²) in [5, 5.41) is 1.30. The smallest absolute Gasteiger partial charge is 0.250 e. The second kappa shape index (κ2) is 5.77. The Morgan fingerprint density at radius 2 is 2.39 bits per heavy atom. The number of nitrogens with zero attached hydrogens (tertiary/aromatic N) is 4. The Morgan fingerprint density at radius 1 is 1.56 bits per heavy atom. The Bertz CT molecular complexity index is 398. The first-order chi connectivity index (χ1) is 8.72. The van der Waals surface area contributed by atoms with Gasteiger partial charge in [-0.3, -0.25) is 14.6 Å². The van der Waals surface area contributed by atoms with Crippen LogP contribution in [0.15, 0.2) is 18.6 Å². The first kappa shape index (κ1) is 12.8. The number of hydrogen-bond donors (Lipinski definition) is 0. The van der Waals surface area contributed by atoms with Crippen LogP contribution < -0.4 is 4.90 Å². The third kappa shape index (κ3) is 2.76. The zero-order chi connectivity index (χ0) is 13.0. The van der Waals surface area contributed by atoms with Crippen LogP contribution in [0.4, 0.5) is 5.82 Å². The number of carbonyl (C=O) groups is 1. The van der Waals surface area contributed by atoms with Crippen molar-refractivity contribution >= 4 is 11.7 Å². The summed E-state index contributed by atoms with van der Waals surface area (Å²) in [6, 6.07) is 0. The molecule has 1 saturated heterocycles. The lowest BCUT2D eigenvalue weighted by atomic mass is 9.97. The minimum atomic E-state index is -0.0364. The molecule has 0 spiro atoms. The SMILES string of the molecule is CON(C)C(=O)[C@H]1CCCN(c2cnccn2)C1. The predicted octanol–water partition coefficient (Wildman–Crippen LogP) is 0.713. The quantitative estimate of drug-likeness (QED) is 0.740. The van der Waals surface area contributed by atoms with E-state index in [1.807, 2.05) is 0 Å². The summed E-state index contributed by atoms with van der Waals surface area (Å²) in [6.45, 7) is 1.59. The van der Waals surface area contributed by atoms with Crippen LogP contribution in [0.3, 0.4) is 0 Å². The normalized spacial score (nSPS) is 19.7. The van der Waals surface area contributed by atoms with Crippen molar-refractivity contribution in [1.29, 1.82) is 0 Å². The van der Waals surface area contributed by atoms with E-state index in [2.05, 4.69) is 14.9 Å². The maximum atomic E-state index is 12.0. The number of amides is 1. The van der Waals surface area contributed by atoms with E-state index in [1.165, 1.54) is 12.2 Å². The van der Waals surface area contributed by atoms with Crippen LogP contribution in [0.5, 0.6) is 0 Å². The molecule has 0 aromatic carbocycles. The highest BCUT2D eigenvalue weighted by molar-refractivity contribution is 5.78. The molecule has 0 saturated carbocycles. The summed E-state index contributed by atoms with van der Waals surface area (Å²) in [5.74, 6) is 0.812. The number of anilines is 1. The van der Waals surface area contributed by atoms with E-state index in [4.69, 9.17) is 4.84 Å². The first-order valence-corrected chi connectivity index (χ1v) is 6.05. The van der Waals surface area contributed by atoms with E-state index < -0.39 is 0 Å². The molecule has 2 rings (SSSR count). The van der Waals surface area contributed by atoms with E-state index in [-0.39, 0.29) is 11.8 Å². The van der Waals surface area contributed by atoms with Gasteiger partial charge < -0.3 is 4.90 Å². The van der Waals surface area contributed by atoms with Gasteiger partial charge in [0.25, 0.3) is 5.91 Å². The Kier molecular flexibility index (Phi) is 4.09. The zero-order valence-corrected chi connectivity index (χ0v) is 10.7. The molecule has 1 aliphatic rings. The molecule has 2 heterocycles. The highest BCUT2D eigenvalue weighted by Gasteiger charge is 2.28. The van der Waals surface area contributed by atoms with Crippen molar-refractivity contribution < 1.29 is 9.63 Å². The van der Waals surface area contributed by atoms with Gasteiger partial charge in [0.15, 0.2) is 0 Å². The molecule has 1 amide bonds. The molecule has 18 heavy (non-hydrogen) atoms. The lowest BCUT2D eigenvalue weighted by Gasteiger charge is -2.33. The molecule has 1 fully saturated rings. The van der Waals surface area contributed by atoms with Gasteiger partial charge in [0.2, 0.25) is 0 Å². The van der Waals surface area contributed by atoms with E-state index in [0.29, 0.717) is 6.54 Å². The van der Waals surface area contributed by atoms with Crippen LogP contribution in [0.1, 0.15) is 12.8 Å². The van der Waals surface area contributed by atoms with Gasteiger partial charge in [-0.2, -0.15) is 0 Å². The molecule has 0 N–H and O–H groups in total. The van der Waals surface area contributed by atoms with Crippen LogP contribution in [0.2, 0.25) is 0 Å². The molecule has 0 aliphatic carbocycles. The van der Waals surface area contributed by atoms with E-state index in [1.54, 1.807) is 25.6 Å². The molecule has 1 aromatic heterocycles. The second-order valence-corrected chi connectivity index (χ2v) is 4.37. The maximum Gasteiger partial charge on any atom is 0.250 e. The molecule has 1 aromatic rings. The predicted molar refractivity (Wildman–Crippen MR) is 66.7 cm³/mol. The fraction of sp³-hybridized carbons (Fsp3) is 0.583. The lowest BCUT2D eigenvalue weighted by Crippen LogP contribution is -2.43. The van der Waals surface area contributed by atoms with E-state index in [0.717, 1.165) is 25.2 Å². The summed E-state index contributed by atoms with van der Waals surface area (Å²) in [7, 11) is 3.14. The molecule has 0 unspecified atom stereocenters. The summed E-state index contributed by atoms with van der Waals surface area (Å²) >= 11 is 0. The Hall–Kier alpha value is -1.69. The van der Waals surface area contributed by atoms with Crippen molar-refractivity contribution in [2.75, 3.05) is 32.1 Å². The maximum absolute atomic E-state index is 12.0. The average molecular weight is 250 g/mol. The van der Waals surface area contributed by atoms with Crippen LogP contribution >= 0.6 is 0 Å². The topological polar surface area (TPSA) is 58.6 Å². The van der Waals surface area contributed by atoms with Crippen LogP contribution in [-0.4, -0.2) is 48.2 Å². The first-order valence-electron chi connectivity index (χ1n) is 6.05. The van der Waals surface area contributed by atoms with E-state index in [9.17, 15) is 4.79 Å². The van der Waals surface area contributed by atoms with Gasteiger partial charge in [0, 0.05) is 32.5 Å². The standard InChI is InChI=1S/C12H18N4O2/c1-15(18-2)12(17)10-4-3-7-16(9-10)11-8-13-5-6-14-11/h5-6,8,10H,3-4,7,9H2,1-2H3/t10-/m0/s1. The fourth-order valence-electron chi connectivity index (χ4n) is 2.19. The van der Waals surface area contributed by atoms with Gasteiger partial charge >= 0.3 is 0 Å². The summed E-state index contributed by atoms with van der Waals surface area (Å²) in [6.07, 6.45) is 6.91. The van der Waals surface area contributed by atoms with Crippen LogP contribution in [-0.2, 0) is 9.63 Å². The Balaban J connectivity index is 2.03. The second-order valence-electron chi connectivity index (χ2n) is 4.37. The number of piperidine rings is 1. The molecule has 1 atom stereocenters. The fourth-order valence-corrected chi connectivity index (χ4v) is 2.19. The van der Waals surface area contributed by atoms with Gasteiger partial charge in [-0.15, -0.1) is 0 Å². The Morgan fingerprint density at radius 3 is 3.06 bits per heavy atom. The highest BCUT2D eigenvalue weighted by atomic mass is 16.7. The van der Waals surface area contributed by atoms with Crippen molar-refractivity contribution in [1.82, 2.24) is 15.0 Å². The molecular weight excluding hydrogens is 232 g/mol. The number of rotatable bonds is 3. The third-order valence-corrected chi connectivity index (χ3v) is 3.23. The molecule has 6 heteroatoms. The van der Waals surface area contributed by atoms with Crippen molar-refractivity contribution in [2.24, 2.45) is 5.92 Å². The van der Waals surface area contributed by atoms with Gasteiger partial charge in [0.05, 0.1) is 19.2 Å². The summed E-state index contributed by atoms with van der Waals surface area (Å²) < 4.78 is 0. The molecular formula is C12H18N4O2. The van der Waals surface area contributed by atoms with Gasteiger partial charge in [-0.25, -0.2) is 10.0 Å². The number of hydrogen-bond acceptors (Lipinski definition) is 5. The monoisotopic (exact) mass is 250 g/mol. The van der Waals surface area contributed by atoms with Crippen LogP contribution in [0, 0.1) is 5.92 Å². The number of carbonyl (C=O) groups excluding carboxylic acids is 1. The highest BCUT2D eigenvalue weighted by Crippen LogP contribution is 2.22. The number of aromatic nitrogens is 2. The van der Waals surface area contributed by atoms with Crippen molar-refractivity contribution in [3.05, 3.63) is 18.6 Å². The largest absolute Gasteiger partial charge is 0.355 e. The summed E-state index contributed by atoms with van der Waals surface area (Å²) in [4.78, 5) is 27.4. The minimum Gasteiger partial charge on any atom is -0.355 e. The molecule has 6 nitrogen and oxygen atoms in total. The van der Waals surface area contributed by atoms with E-state index >= 15 is 0 Å². The molecule has 0 bridgehead atoms. The average Bonchev–Trinajstić information content (AvgIpc) is 2.46. The van der Waals surface area contributed by atoms with Crippen molar-refractivity contribution in [3.8, 4) is 0 Å². The molecule has 0 radical (unpaired) electrons. The lowest BCUT2D eigenvalue weighted by molar-refractivity contribution is -0.173. The minimum absolute atomic E-state index is 0.0195. The van der Waals surface area contributed by atoms with Crippen molar-refractivity contribution in [2.45, 2.75) is 12.8 Å².